The maximum atomic E-state index is 12.8. The number of esters is 3. The van der Waals surface area contributed by atoms with Gasteiger partial charge in [0.15, 0.2) is 6.10 Å². The van der Waals surface area contributed by atoms with Gasteiger partial charge in [0.1, 0.15) is 13.2 Å². The SMILES string of the molecule is CC/C=C\C/C=C\C/C=C\C/C=C\C/C=C\CCCC(=O)OC(COC(=O)CCCCCCC/C=C\CCCCCC)COC(=O)CCCCCCCCC/C=C\C/C=C\CCCCCC. The zero-order valence-corrected chi connectivity index (χ0v) is 42.9. The van der Waals surface area contributed by atoms with Gasteiger partial charge in [-0.15, -0.1) is 0 Å². The molecule has 0 fully saturated rings. The maximum Gasteiger partial charge on any atom is 0.306 e. The molecule has 0 saturated carbocycles. The van der Waals surface area contributed by atoms with Crippen LogP contribution in [0.3, 0.4) is 0 Å². The van der Waals surface area contributed by atoms with Crippen molar-refractivity contribution in [2.75, 3.05) is 13.2 Å². The van der Waals surface area contributed by atoms with E-state index in [2.05, 4.69) is 118 Å². The molecule has 0 rings (SSSR count). The van der Waals surface area contributed by atoms with Crippen molar-refractivity contribution in [1.29, 1.82) is 0 Å². The van der Waals surface area contributed by atoms with Crippen LogP contribution in [0.25, 0.3) is 0 Å². The molecule has 376 valence electrons. The Morgan fingerprint density at radius 2 is 0.606 bits per heavy atom. The first kappa shape index (κ1) is 62.3. The number of allylic oxidation sites excluding steroid dienone is 16. The second-order valence-electron chi connectivity index (χ2n) is 17.7. The standard InChI is InChI=1S/C60H100O6/c1-4-7-10-13-16-19-22-25-27-29-31-32-35-38-41-44-47-50-53-59(62)65-56-57(55-64-58(61)52-49-46-43-40-37-34-24-21-18-15-12-9-6-3)66-60(63)54-51-48-45-42-39-36-33-30-28-26-23-20-17-14-11-8-5-2/h8,11,17,19-22,24,26-29,33,36,42,45,57H,4-7,9-10,12-16,18,23,25,30-32,34-35,37-41,43-44,46-56H2,1-3H3/b11-8-,20-17-,22-19-,24-21-,28-26-,29-27-,36-33-,45-42-. The van der Waals surface area contributed by atoms with Gasteiger partial charge in [-0.3, -0.25) is 14.4 Å². The summed E-state index contributed by atoms with van der Waals surface area (Å²) in [5.41, 5.74) is 0. The van der Waals surface area contributed by atoms with Crippen LogP contribution in [0.15, 0.2) is 97.2 Å². The highest BCUT2D eigenvalue weighted by Crippen LogP contribution is 2.13. The largest absolute Gasteiger partial charge is 0.462 e. The van der Waals surface area contributed by atoms with Gasteiger partial charge in [0.25, 0.3) is 0 Å². The topological polar surface area (TPSA) is 78.9 Å². The van der Waals surface area contributed by atoms with Crippen LogP contribution in [0, 0.1) is 0 Å². The minimum Gasteiger partial charge on any atom is -0.462 e. The van der Waals surface area contributed by atoms with Crippen LogP contribution in [-0.4, -0.2) is 37.2 Å². The maximum absolute atomic E-state index is 12.8. The average Bonchev–Trinajstić information content (AvgIpc) is 3.31. The van der Waals surface area contributed by atoms with Crippen LogP contribution in [0.4, 0.5) is 0 Å². The van der Waals surface area contributed by atoms with Gasteiger partial charge in [0.05, 0.1) is 0 Å². The third kappa shape index (κ3) is 51.3. The Hall–Kier alpha value is -3.67. The number of hydrogen-bond acceptors (Lipinski definition) is 6. The first-order valence-electron chi connectivity index (χ1n) is 27.2. The minimum absolute atomic E-state index is 0.108. The van der Waals surface area contributed by atoms with E-state index >= 15 is 0 Å². The van der Waals surface area contributed by atoms with Gasteiger partial charge < -0.3 is 14.2 Å². The monoisotopic (exact) mass is 917 g/mol. The summed E-state index contributed by atoms with van der Waals surface area (Å²) >= 11 is 0. The third-order valence-electron chi connectivity index (χ3n) is 11.3. The predicted octanol–water partition coefficient (Wildman–Crippen LogP) is 18.1. The summed E-state index contributed by atoms with van der Waals surface area (Å²) in [6, 6.07) is 0. The van der Waals surface area contributed by atoms with Crippen LogP contribution in [-0.2, 0) is 28.6 Å². The van der Waals surface area contributed by atoms with Crippen LogP contribution >= 0.6 is 0 Å². The molecule has 0 radical (unpaired) electrons. The van der Waals surface area contributed by atoms with Gasteiger partial charge in [-0.2, -0.15) is 0 Å². The van der Waals surface area contributed by atoms with Crippen molar-refractivity contribution >= 4 is 17.9 Å². The molecule has 0 aliphatic heterocycles. The minimum atomic E-state index is -0.814. The van der Waals surface area contributed by atoms with E-state index in [9.17, 15) is 14.4 Å². The number of carbonyl (C=O) groups excluding carboxylic acids is 3. The van der Waals surface area contributed by atoms with Gasteiger partial charge in [0, 0.05) is 19.3 Å². The second-order valence-corrected chi connectivity index (χ2v) is 17.7. The first-order chi connectivity index (χ1) is 32.5. The number of hydrogen-bond donors (Lipinski definition) is 0. The summed E-state index contributed by atoms with van der Waals surface area (Å²) in [5.74, 6) is -0.983. The molecule has 1 unspecified atom stereocenters. The molecule has 0 saturated heterocycles. The third-order valence-corrected chi connectivity index (χ3v) is 11.3. The first-order valence-corrected chi connectivity index (χ1v) is 27.2. The van der Waals surface area contributed by atoms with E-state index in [-0.39, 0.29) is 37.5 Å². The second kappa shape index (κ2) is 53.9. The van der Waals surface area contributed by atoms with Crippen LogP contribution in [0.5, 0.6) is 0 Å². The van der Waals surface area contributed by atoms with Gasteiger partial charge in [-0.1, -0.05) is 208 Å². The molecule has 6 nitrogen and oxygen atoms in total. The fourth-order valence-corrected chi connectivity index (χ4v) is 7.21. The van der Waals surface area contributed by atoms with Crippen LogP contribution in [0.1, 0.15) is 245 Å². The molecule has 0 aliphatic carbocycles. The molecule has 6 heteroatoms. The lowest BCUT2D eigenvalue weighted by molar-refractivity contribution is -0.167. The number of carbonyl (C=O) groups is 3. The summed E-state index contributed by atoms with van der Waals surface area (Å²) in [6.45, 7) is 6.43. The zero-order valence-electron chi connectivity index (χ0n) is 42.9. The van der Waals surface area contributed by atoms with Crippen molar-refractivity contribution in [3.8, 4) is 0 Å². The molecule has 0 aromatic carbocycles. The normalized spacial score (nSPS) is 12.8. The lowest BCUT2D eigenvalue weighted by atomic mass is 10.1. The summed E-state index contributed by atoms with van der Waals surface area (Å²) in [7, 11) is 0. The quantitative estimate of drug-likeness (QED) is 0.0262. The van der Waals surface area contributed by atoms with E-state index in [1.807, 2.05) is 0 Å². The molecule has 0 N–H and O–H groups in total. The van der Waals surface area contributed by atoms with E-state index in [1.165, 1.54) is 96.3 Å². The zero-order chi connectivity index (χ0) is 47.9. The molecule has 1 atom stereocenters. The smallest absolute Gasteiger partial charge is 0.306 e. The Morgan fingerprint density at radius 3 is 0.985 bits per heavy atom. The van der Waals surface area contributed by atoms with Crippen molar-refractivity contribution in [3.05, 3.63) is 97.2 Å². The van der Waals surface area contributed by atoms with Gasteiger partial charge in [-0.25, -0.2) is 0 Å². The number of unbranched alkanes of at least 4 members (excludes halogenated alkanes) is 21. The highest BCUT2D eigenvalue weighted by molar-refractivity contribution is 5.71. The average molecular weight is 917 g/mol. The molecule has 0 amide bonds. The van der Waals surface area contributed by atoms with E-state index in [1.54, 1.807) is 0 Å². The van der Waals surface area contributed by atoms with Crippen LogP contribution < -0.4 is 0 Å². The van der Waals surface area contributed by atoms with Crippen LogP contribution in [0.2, 0.25) is 0 Å². The van der Waals surface area contributed by atoms with E-state index in [0.717, 1.165) is 103 Å². The molecule has 0 heterocycles. The lowest BCUT2D eigenvalue weighted by Gasteiger charge is -2.18. The summed E-state index contributed by atoms with van der Waals surface area (Å²) < 4.78 is 16.8. The summed E-state index contributed by atoms with van der Waals surface area (Å²) in [6.07, 6.45) is 71.1. The van der Waals surface area contributed by atoms with Crippen molar-refractivity contribution < 1.29 is 28.6 Å². The molecular formula is C60H100O6. The highest BCUT2D eigenvalue weighted by Gasteiger charge is 2.19. The van der Waals surface area contributed by atoms with E-state index in [4.69, 9.17) is 14.2 Å². The predicted molar refractivity (Wildman–Crippen MR) is 284 cm³/mol. The van der Waals surface area contributed by atoms with Gasteiger partial charge >= 0.3 is 17.9 Å². The van der Waals surface area contributed by atoms with Crippen molar-refractivity contribution in [2.45, 2.75) is 252 Å². The molecule has 0 bridgehead atoms. The molecule has 0 aromatic heterocycles. The molecular weight excluding hydrogens is 817 g/mol. The van der Waals surface area contributed by atoms with E-state index in [0.29, 0.717) is 19.3 Å². The summed E-state index contributed by atoms with van der Waals surface area (Å²) in [5, 5.41) is 0. The molecule has 0 aromatic rings. The van der Waals surface area contributed by atoms with E-state index < -0.39 is 6.10 Å². The Kier molecular flexibility index (Phi) is 50.9. The summed E-state index contributed by atoms with van der Waals surface area (Å²) in [4.78, 5) is 38.0. The molecule has 0 aliphatic rings. The van der Waals surface area contributed by atoms with Gasteiger partial charge in [-0.05, 0) is 116 Å². The molecule has 66 heavy (non-hydrogen) atoms. The van der Waals surface area contributed by atoms with Crippen molar-refractivity contribution in [3.63, 3.8) is 0 Å². The molecule has 0 spiro atoms. The van der Waals surface area contributed by atoms with Gasteiger partial charge in [0.2, 0.25) is 0 Å². The fourth-order valence-electron chi connectivity index (χ4n) is 7.21. The Balaban J connectivity index is 4.50. The Bertz CT molecular complexity index is 1330. The van der Waals surface area contributed by atoms with Crippen molar-refractivity contribution in [1.82, 2.24) is 0 Å². The number of rotatable bonds is 48. The Labute approximate surface area is 407 Å². The highest BCUT2D eigenvalue weighted by atomic mass is 16.6. The van der Waals surface area contributed by atoms with Crippen molar-refractivity contribution in [2.24, 2.45) is 0 Å². The number of ether oxygens (including phenoxy) is 3. The lowest BCUT2D eigenvalue weighted by Crippen LogP contribution is -2.30. The Morgan fingerprint density at radius 1 is 0.318 bits per heavy atom. The fraction of sp³-hybridized carbons (Fsp3) is 0.683.